The van der Waals surface area contributed by atoms with Crippen LogP contribution >= 0.6 is 0 Å². The maximum absolute atomic E-state index is 14.4. The molecule has 0 saturated carbocycles. The second-order valence-electron chi connectivity index (χ2n) is 15.3. The Hall–Kier alpha value is -5.48. The SMILES string of the molecule is O=C(/C=C/c1ccc(O)cc1)OC[C@H]1O[C@@H](O[C@H]2[C@H](Oc3c(-c4ccc(O)cc4)oc4cc(O[C@@H]5O[C@H](CO)[C@@H](O)[C@H](O)[C@H]5O)cc(O)c4c3=O)O[C@H](CO)[C@@H](O)[C@@H]2O)[C@H](O)[C@@H](O)[C@@H]1O. The van der Waals surface area contributed by atoms with Gasteiger partial charge in [-0.2, -0.15) is 0 Å². The highest BCUT2D eigenvalue weighted by Gasteiger charge is 2.52. The number of esters is 1. The minimum atomic E-state index is -2.08. The molecule has 0 amide bonds. The number of carbonyl (C=O) groups excluding carboxylic acids is 1. The summed E-state index contributed by atoms with van der Waals surface area (Å²) in [5.41, 5.74) is -0.940. The maximum atomic E-state index is 14.4. The maximum Gasteiger partial charge on any atom is 0.330 e. The van der Waals surface area contributed by atoms with Crippen molar-refractivity contribution in [2.75, 3.05) is 19.8 Å². The Kier molecular flexibility index (Phi) is 14.6. The van der Waals surface area contributed by atoms with Gasteiger partial charge in [-0.3, -0.25) is 4.79 Å². The third-order valence-electron chi connectivity index (χ3n) is 10.8. The van der Waals surface area contributed by atoms with E-state index in [2.05, 4.69) is 0 Å². The van der Waals surface area contributed by atoms with Crippen LogP contribution < -0.4 is 14.9 Å². The van der Waals surface area contributed by atoms with E-state index in [1.807, 2.05) is 0 Å². The lowest BCUT2D eigenvalue weighted by molar-refractivity contribution is -0.358. The first-order chi connectivity index (χ1) is 31.0. The molecular formula is C42H46O23. The molecule has 15 atom stereocenters. The fraction of sp³-hybridized carbons (Fsp3) is 0.429. The first-order valence-electron chi connectivity index (χ1n) is 19.9. The van der Waals surface area contributed by atoms with Crippen LogP contribution in [0.15, 0.2) is 76.0 Å². The van der Waals surface area contributed by atoms with Crippen molar-refractivity contribution in [2.45, 2.75) is 92.1 Å². The highest BCUT2D eigenvalue weighted by atomic mass is 16.8. The molecule has 4 aromatic rings. The normalized spacial score (nSPS) is 32.9. The number of hydrogen-bond donors (Lipinski definition) is 13. The van der Waals surface area contributed by atoms with Crippen molar-refractivity contribution < 1.29 is 109 Å². The highest BCUT2D eigenvalue weighted by Crippen LogP contribution is 2.39. The smallest absolute Gasteiger partial charge is 0.330 e. The van der Waals surface area contributed by atoms with Gasteiger partial charge in [-0.05, 0) is 48.0 Å². The fourth-order valence-corrected chi connectivity index (χ4v) is 7.23. The van der Waals surface area contributed by atoms with Gasteiger partial charge in [0.1, 0.15) is 108 Å². The molecule has 23 nitrogen and oxygen atoms in total. The Bertz CT molecular complexity index is 2350. The standard InChI is InChI=1S/C42H46O23/c43-13-23-28(49)32(53)35(56)40(61-23)59-20-11-21(47)27-22(12-20)60-37(17-4-8-19(46)9-5-17)38(31(27)52)64-42-39(34(55)29(50)24(14-44)62-42)65-41-36(57)33(54)30(51)25(63-41)15-58-26(48)10-3-16-1-6-18(45)7-2-16/h1-12,23-25,28-30,32-36,39-47,49-51,53-57H,13-15H2/b10-3+/t23-,24-,25-,28-,29-,30-,32+,33+,34+,35-,36-,39-,40-,41+,42+/m1/s1. The van der Waals surface area contributed by atoms with E-state index in [-0.39, 0.29) is 28.4 Å². The third kappa shape index (κ3) is 10.0. The second-order valence-corrected chi connectivity index (χ2v) is 15.3. The van der Waals surface area contributed by atoms with Gasteiger partial charge in [-0.15, -0.1) is 0 Å². The number of aromatic hydroxyl groups is 3. The molecule has 0 unspecified atom stereocenters. The zero-order valence-electron chi connectivity index (χ0n) is 33.6. The summed E-state index contributed by atoms with van der Waals surface area (Å²) in [5.74, 6) is -3.44. The van der Waals surface area contributed by atoms with Crippen molar-refractivity contribution in [1.82, 2.24) is 0 Å². The number of ether oxygens (including phenoxy) is 7. The molecule has 3 aromatic carbocycles. The van der Waals surface area contributed by atoms with E-state index in [4.69, 9.17) is 37.6 Å². The first kappa shape index (κ1) is 47.5. The van der Waals surface area contributed by atoms with E-state index in [1.54, 1.807) is 0 Å². The van der Waals surface area contributed by atoms with Crippen molar-refractivity contribution in [3.8, 4) is 40.1 Å². The van der Waals surface area contributed by atoms with Crippen LogP contribution in [0.3, 0.4) is 0 Å². The van der Waals surface area contributed by atoms with Gasteiger partial charge < -0.3 is 104 Å². The molecule has 13 N–H and O–H groups in total. The molecule has 0 spiro atoms. The molecule has 0 radical (unpaired) electrons. The summed E-state index contributed by atoms with van der Waals surface area (Å²) >= 11 is 0. The molecule has 4 heterocycles. The predicted molar refractivity (Wildman–Crippen MR) is 214 cm³/mol. The summed E-state index contributed by atoms with van der Waals surface area (Å²) in [5, 5.41) is 135. The Morgan fingerprint density at radius 1 is 0.631 bits per heavy atom. The van der Waals surface area contributed by atoms with Gasteiger partial charge in [-0.1, -0.05) is 12.1 Å². The number of rotatable bonds is 13. The molecule has 7 rings (SSSR count). The Morgan fingerprint density at radius 3 is 1.82 bits per heavy atom. The Morgan fingerprint density at radius 2 is 1.18 bits per heavy atom. The summed E-state index contributed by atoms with van der Waals surface area (Å²) in [6.45, 7) is -2.41. The first-order valence-corrected chi connectivity index (χ1v) is 19.9. The van der Waals surface area contributed by atoms with Gasteiger partial charge in [0.15, 0.2) is 18.2 Å². The number of hydrogen-bond acceptors (Lipinski definition) is 23. The monoisotopic (exact) mass is 918 g/mol. The van der Waals surface area contributed by atoms with Crippen LogP contribution in [0.5, 0.6) is 28.7 Å². The minimum absolute atomic E-state index is 0.00127. The molecule has 0 aliphatic carbocycles. The van der Waals surface area contributed by atoms with Crippen molar-refractivity contribution in [2.24, 2.45) is 0 Å². The van der Waals surface area contributed by atoms with E-state index in [0.29, 0.717) is 5.56 Å². The zero-order chi connectivity index (χ0) is 46.9. The number of benzene rings is 3. The van der Waals surface area contributed by atoms with Crippen LogP contribution in [0, 0.1) is 0 Å². The van der Waals surface area contributed by atoms with Crippen LogP contribution in [0.25, 0.3) is 28.4 Å². The second kappa shape index (κ2) is 19.9. The third-order valence-corrected chi connectivity index (χ3v) is 10.8. The van der Waals surface area contributed by atoms with Crippen molar-refractivity contribution in [1.29, 1.82) is 0 Å². The number of carbonyl (C=O) groups is 1. The molecular weight excluding hydrogens is 872 g/mol. The number of aliphatic hydroxyl groups excluding tert-OH is 10. The summed E-state index contributed by atoms with van der Waals surface area (Å²) in [6.07, 6.45) is -25.2. The summed E-state index contributed by atoms with van der Waals surface area (Å²) in [6, 6.07) is 12.8. The molecule has 3 aliphatic heterocycles. The minimum Gasteiger partial charge on any atom is -0.508 e. The number of aliphatic hydroxyl groups is 10. The van der Waals surface area contributed by atoms with Gasteiger partial charge in [0, 0.05) is 23.8 Å². The number of phenols is 3. The number of phenolic OH excluding ortho intramolecular Hbond substituents is 3. The van der Waals surface area contributed by atoms with Crippen LogP contribution in [0.1, 0.15) is 5.56 Å². The fourth-order valence-electron chi connectivity index (χ4n) is 7.23. The van der Waals surface area contributed by atoms with E-state index in [9.17, 15) is 76.0 Å². The van der Waals surface area contributed by atoms with Crippen LogP contribution in [0.4, 0.5) is 0 Å². The largest absolute Gasteiger partial charge is 0.508 e. The molecule has 65 heavy (non-hydrogen) atoms. The topological polar surface area (TPSA) is 375 Å². The van der Waals surface area contributed by atoms with Gasteiger partial charge in [0.25, 0.3) is 0 Å². The molecule has 3 aliphatic rings. The summed E-state index contributed by atoms with van der Waals surface area (Å²) in [4.78, 5) is 26.9. The van der Waals surface area contributed by atoms with E-state index in [0.717, 1.165) is 18.2 Å². The molecule has 0 bridgehead atoms. The van der Waals surface area contributed by atoms with Crippen molar-refractivity contribution >= 4 is 23.0 Å². The quantitative estimate of drug-likeness (QED) is 0.0470. The molecule has 352 valence electrons. The number of fused-ring (bicyclic) bond motifs is 1. The van der Waals surface area contributed by atoms with E-state index in [1.165, 1.54) is 54.6 Å². The lowest BCUT2D eigenvalue weighted by atomic mass is 9.97. The molecule has 1 aromatic heterocycles. The summed E-state index contributed by atoms with van der Waals surface area (Å²) in [7, 11) is 0. The Labute approximate surface area is 365 Å². The van der Waals surface area contributed by atoms with Gasteiger partial charge in [-0.25, -0.2) is 4.79 Å². The zero-order valence-corrected chi connectivity index (χ0v) is 33.6. The van der Waals surface area contributed by atoms with E-state index < -0.39 is 146 Å². The Balaban J connectivity index is 1.19. The van der Waals surface area contributed by atoms with Gasteiger partial charge in [0.05, 0.1) is 13.2 Å². The van der Waals surface area contributed by atoms with Crippen LogP contribution in [-0.2, 0) is 28.5 Å². The van der Waals surface area contributed by atoms with Crippen molar-refractivity contribution in [3.05, 3.63) is 82.5 Å². The van der Waals surface area contributed by atoms with Crippen LogP contribution in [-0.4, -0.2) is 184 Å². The molecule has 23 heteroatoms. The van der Waals surface area contributed by atoms with Crippen molar-refractivity contribution in [3.63, 3.8) is 0 Å². The molecule has 3 fully saturated rings. The average molecular weight is 919 g/mol. The lowest BCUT2D eigenvalue weighted by Gasteiger charge is -2.45. The summed E-state index contributed by atoms with van der Waals surface area (Å²) < 4.78 is 45.5. The lowest BCUT2D eigenvalue weighted by Crippen LogP contribution is -2.65. The highest BCUT2D eigenvalue weighted by molar-refractivity contribution is 5.88. The van der Waals surface area contributed by atoms with Gasteiger partial charge >= 0.3 is 5.97 Å². The van der Waals surface area contributed by atoms with Crippen LogP contribution in [0.2, 0.25) is 0 Å². The average Bonchev–Trinajstić information content (AvgIpc) is 3.29. The van der Waals surface area contributed by atoms with E-state index >= 15 is 0 Å². The van der Waals surface area contributed by atoms with Gasteiger partial charge in [0.2, 0.25) is 23.8 Å². The predicted octanol–water partition coefficient (Wildman–Crippen LogP) is -2.98. The molecule has 3 saturated heterocycles.